The van der Waals surface area contributed by atoms with E-state index in [1.54, 1.807) is 12.1 Å². The number of halogens is 1. The van der Waals surface area contributed by atoms with Gasteiger partial charge in [-0.15, -0.1) is 0 Å². The van der Waals surface area contributed by atoms with Crippen LogP contribution in [0, 0.1) is 6.92 Å². The number of aromatic nitrogens is 1. The molecule has 0 atom stereocenters. The molecule has 0 fully saturated rings. The van der Waals surface area contributed by atoms with E-state index < -0.39 is 5.97 Å². The predicted octanol–water partition coefficient (Wildman–Crippen LogP) is 4.21. The van der Waals surface area contributed by atoms with E-state index >= 15 is 0 Å². The van der Waals surface area contributed by atoms with Crippen LogP contribution in [-0.2, 0) is 6.42 Å². The van der Waals surface area contributed by atoms with Crippen LogP contribution in [0.15, 0.2) is 34.8 Å². The van der Waals surface area contributed by atoms with E-state index in [4.69, 9.17) is 9.84 Å². The van der Waals surface area contributed by atoms with Crippen LogP contribution in [0.4, 0.5) is 0 Å². The molecule has 20 heavy (non-hydrogen) atoms. The lowest BCUT2D eigenvalue weighted by atomic mass is 10.2. The molecule has 0 aliphatic carbocycles. The van der Waals surface area contributed by atoms with Crippen molar-refractivity contribution in [3.8, 4) is 11.5 Å². The first-order valence-electron chi connectivity index (χ1n) is 6.18. The van der Waals surface area contributed by atoms with Gasteiger partial charge in [-0.1, -0.05) is 6.92 Å². The molecule has 2 aromatic rings. The second-order valence-electron chi connectivity index (χ2n) is 4.30. The van der Waals surface area contributed by atoms with Gasteiger partial charge in [0.05, 0.1) is 11.3 Å². The summed E-state index contributed by atoms with van der Waals surface area (Å²) in [5.74, 6) is 0.282. The quantitative estimate of drug-likeness (QED) is 0.909. The average Bonchev–Trinajstić information content (AvgIpc) is 2.40. The number of carboxylic acids is 1. The van der Waals surface area contributed by atoms with E-state index in [0.29, 0.717) is 16.0 Å². The molecule has 104 valence electrons. The number of hydrogen-bond donors (Lipinski definition) is 1. The zero-order valence-electron chi connectivity index (χ0n) is 11.2. The largest absolute Gasteiger partial charge is 0.478 e. The first-order valence-corrected chi connectivity index (χ1v) is 6.97. The van der Waals surface area contributed by atoms with E-state index in [-0.39, 0.29) is 5.56 Å². The molecular formula is C15H14BrNO3. The number of ether oxygens (including phenoxy) is 1. The SMILES string of the molecule is CCc1nc(C)ccc1Oc1ccc(C(=O)O)c(Br)c1. The zero-order chi connectivity index (χ0) is 14.7. The number of hydrogen-bond acceptors (Lipinski definition) is 3. The predicted molar refractivity (Wildman–Crippen MR) is 79.5 cm³/mol. The fraction of sp³-hybridized carbons (Fsp3) is 0.200. The van der Waals surface area contributed by atoms with Crippen LogP contribution >= 0.6 is 15.9 Å². The molecule has 0 radical (unpaired) electrons. The molecule has 1 aromatic heterocycles. The van der Waals surface area contributed by atoms with Crippen LogP contribution in [0.3, 0.4) is 0 Å². The maximum absolute atomic E-state index is 10.9. The van der Waals surface area contributed by atoms with Crippen LogP contribution in [0.25, 0.3) is 0 Å². The summed E-state index contributed by atoms with van der Waals surface area (Å²) >= 11 is 3.23. The number of aryl methyl sites for hydroxylation is 2. The van der Waals surface area contributed by atoms with Gasteiger partial charge in [0.2, 0.25) is 0 Å². The molecule has 0 aliphatic rings. The summed E-state index contributed by atoms with van der Waals surface area (Å²) < 4.78 is 6.27. The number of carboxylic acid groups (broad SMARTS) is 1. The highest BCUT2D eigenvalue weighted by atomic mass is 79.9. The Morgan fingerprint density at radius 3 is 2.70 bits per heavy atom. The maximum Gasteiger partial charge on any atom is 0.336 e. The molecule has 1 heterocycles. The van der Waals surface area contributed by atoms with Crippen molar-refractivity contribution >= 4 is 21.9 Å². The van der Waals surface area contributed by atoms with Crippen LogP contribution in [0.2, 0.25) is 0 Å². The van der Waals surface area contributed by atoms with Crippen molar-refractivity contribution in [3.63, 3.8) is 0 Å². The first-order chi connectivity index (χ1) is 9.51. The molecular weight excluding hydrogens is 322 g/mol. The van der Waals surface area contributed by atoms with E-state index in [2.05, 4.69) is 20.9 Å². The Balaban J connectivity index is 2.31. The van der Waals surface area contributed by atoms with Gasteiger partial charge in [0.1, 0.15) is 11.5 Å². The second kappa shape index (κ2) is 6.05. The minimum absolute atomic E-state index is 0.204. The average molecular weight is 336 g/mol. The van der Waals surface area contributed by atoms with Crippen molar-refractivity contribution in [1.82, 2.24) is 4.98 Å². The van der Waals surface area contributed by atoms with E-state index in [0.717, 1.165) is 17.8 Å². The highest BCUT2D eigenvalue weighted by Gasteiger charge is 2.11. The van der Waals surface area contributed by atoms with Gasteiger partial charge in [-0.2, -0.15) is 0 Å². The van der Waals surface area contributed by atoms with Crippen molar-refractivity contribution in [1.29, 1.82) is 0 Å². The van der Waals surface area contributed by atoms with E-state index in [9.17, 15) is 4.79 Å². The second-order valence-corrected chi connectivity index (χ2v) is 5.15. The summed E-state index contributed by atoms with van der Waals surface area (Å²) in [7, 11) is 0. The lowest BCUT2D eigenvalue weighted by molar-refractivity contribution is 0.0696. The minimum atomic E-state index is -0.977. The van der Waals surface area contributed by atoms with Crippen molar-refractivity contribution in [2.24, 2.45) is 0 Å². The third-order valence-electron chi connectivity index (χ3n) is 2.81. The van der Waals surface area contributed by atoms with Crippen molar-refractivity contribution in [2.75, 3.05) is 0 Å². The normalized spacial score (nSPS) is 10.3. The first kappa shape index (κ1) is 14.5. The summed E-state index contributed by atoms with van der Waals surface area (Å²) in [5, 5.41) is 8.98. The van der Waals surface area contributed by atoms with Crippen LogP contribution in [0.5, 0.6) is 11.5 Å². The summed E-state index contributed by atoms with van der Waals surface area (Å²) in [4.78, 5) is 15.4. The van der Waals surface area contributed by atoms with Gasteiger partial charge in [-0.3, -0.25) is 4.98 Å². The fourth-order valence-corrected chi connectivity index (χ4v) is 2.33. The van der Waals surface area contributed by atoms with Crippen molar-refractivity contribution in [3.05, 3.63) is 51.8 Å². The Hall–Kier alpha value is -1.88. The molecule has 1 aromatic carbocycles. The Labute approximate surface area is 125 Å². The molecule has 4 nitrogen and oxygen atoms in total. The maximum atomic E-state index is 10.9. The Morgan fingerprint density at radius 2 is 2.10 bits per heavy atom. The Kier molecular flexibility index (Phi) is 4.39. The van der Waals surface area contributed by atoms with E-state index in [1.165, 1.54) is 6.07 Å². The van der Waals surface area contributed by atoms with Crippen molar-refractivity contribution < 1.29 is 14.6 Å². The zero-order valence-corrected chi connectivity index (χ0v) is 12.8. The summed E-state index contributed by atoms with van der Waals surface area (Å²) in [6.07, 6.45) is 0.769. The molecule has 0 unspecified atom stereocenters. The van der Waals surface area contributed by atoms with E-state index in [1.807, 2.05) is 26.0 Å². The highest BCUT2D eigenvalue weighted by Crippen LogP contribution is 2.29. The van der Waals surface area contributed by atoms with Crippen LogP contribution < -0.4 is 4.74 Å². The fourth-order valence-electron chi connectivity index (χ4n) is 1.80. The summed E-state index contributed by atoms with van der Waals surface area (Å²) in [5.41, 5.74) is 2.02. The lowest BCUT2D eigenvalue weighted by Crippen LogP contribution is -1.99. The molecule has 1 N–H and O–H groups in total. The number of pyridine rings is 1. The summed E-state index contributed by atoms with van der Waals surface area (Å²) in [6.45, 7) is 3.94. The number of aromatic carboxylic acids is 1. The van der Waals surface area contributed by atoms with Gasteiger partial charge in [-0.05, 0) is 59.6 Å². The topological polar surface area (TPSA) is 59.4 Å². The van der Waals surface area contributed by atoms with Crippen LogP contribution in [-0.4, -0.2) is 16.1 Å². The van der Waals surface area contributed by atoms with Crippen molar-refractivity contribution in [2.45, 2.75) is 20.3 Å². The molecule has 0 aliphatic heterocycles. The van der Waals surface area contributed by atoms with Gasteiger partial charge in [0, 0.05) is 10.2 Å². The Bertz CT molecular complexity index is 656. The monoisotopic (exact) mass is 335 g/mol. The molecule has 0 amide bonds. The number of rotatable bonds is 4. The molecule has 0 saturated heterocycles. The number of carbonyl (C=O) groups is 1. The molecule has 0 bridgehead atoms. The smallest absolute Gasteiger partial charge is 0.336 e. The Morgan fingerprint density at radius 1 is 1.35 bits per heavy atom. The van der Waals surface area contributed by atoms with Gasteiger partial charge in [0.15, 0.2) is 0 Å². The number of nitrogens with zero attached hydrogens (tertiary/aromatic N) is 1. The highest BCUT2D eigenvalue weighted by molar-refractivity contribution is 9.10. The molecule has 2 rings (SSSR count). The van der Waals surface area contributed by atoms with Gasteiger partial charge < -0.3 is 9.84 Å². The lowest BCUT2D eigenvalue weighted by Gasteiger charge is -2.11. The van der Waals surface area contributed by atoms with Gasteiger partial charge in [0.25, 0.3) is 0 Å². The third-order valence-corrected chi connectivity index (χ3v) is 3.46. The minimum Gasteiger partial charge on any atom is -0.478 e. The van der Waals surface area contributed by atoms with Gasteiger partial charge >= 0.3 is 5.97 Å². The molecule has 0 saturated carbocycles. The molecule has 5 heteroatoms. The summed E-state index contributed by atoms with van der Waals surface area (Å²) in [6, 6.07) is 8.54. The standard InChI is InChI=1S/C15H14BrNO3/c1-3-13-14(7-4-9(2)17-13)20-10-5-6-11(15(18)19)12(16)8-10/h4-8H,3H2,1-2H3,(H,18,19). The third kappa shape index (κ3) is 3.17. The number of benzene rings is 1. The van der Waals surface area contributed by atoms with Crippen LogP contribution in [0.1, 0.15) is 28.7 Å². The van der Waals surface area contributed by atoms with Gasteiger partial charge in [-0.25, -0.2) is 4.79 Å². The molecule has 0 spiro atoms.